The molecule has 40 heavy (non-hydrogen) atoms. The second kappa shape index (κ2) is 11.0. The molecule has 3 aromatic rings. The van der Waals surface area contributed by atoms with Crippen molar-refractivity contribution in [3.8, 4) is 0 Å². The number of hydrogen-bond donors (Lipinski definition) is 2. The zero-order valence-electron chi connectivity index (χ0n) is 21.5. The summed E-state index contributed by atoms with van der Waals surface area (Å²) in [4.78, 5) is 28.5. The van der Waals surface area contributed by atoms with Gasteiger partial charge in [-0.25, -0.2) is 0 Å². The second-order valence-electron chi connectivity index (χ2n) is 9.92. The van der Waals surface area contributed by atoms with Crippen molar-refractivity contribution in [3.63, 3.8) is 0 Å². The largest absolute Gasteiger partial charge is 0.416 e. The Morgan fingerprint density at radius 1 is 0.900 bits per heavy atom. The number of carbonyl (C=O) groups excluding carboxylic acids is 2. The molecule has 0 aliphatic carbocycles. The van der Waals surface area contributed by atoms with E-state index >= 15 is 0 Å². The summed E-state index contributed by atoms with van der Waals surface area (Å²) in [6.45, 7) is 2.57. The van der Waals surface area contributed by atoms with Gasteiger partial charge in [0.1, 0.15) is 0 Å². The summed E-state index contributed by atoms with van der Waals surface area (Å²) in [5.41, 5.74) is -1.92. The van der Waals surface area contributed by atoms with Crippen molar-refractivity contribution in [2.75, 3.05) is 0 Å². The molecule has 11 heteroatoms. The highest BCUT2D eigenvalue weighted by Crippen LogP contribution is 2.44. The van der Waals surface area contributed by atoms with E-state index in [1.165, 1.54) is 6.07 Å². The van der Waals surface area contributed by atoms with Gasteiger partial charge >= 0.3 is 12.4 Å². The van der Waals surface area contributed by atoms with Gasteiger partial charge in [0.15, 0.2) is 0 Å². The lowest BCUT2D eigenvalue weighted by Crippen LogP contribution is -2.48. The Bertz CT molecular complexity index is 1370. The van der Waals surface area contributed by atoms with Crippen LogP contribution >= 0.6 is 0 Å². The molecule has 1 aliphatic rings. The number of rotatable bonds is 6. The molecule has 0 unspecified atom stereocenters. The normalized spacial score (nSPS) is 17.6. The first-order chi connectivity index (χ1) is 18.7. The minimum Gasteiger partial charge on any atom is -0.392 e. The van der Waals surface area contributed by atoms with Gasteiger partial charge in [-0.1, -0.05) is 42.5 Å². The van der Waals surface area contributed by atoms with Crippen LogP contribution in [0, 0.1) is 0 Å². The summed E-state index contributed by atoms with van der Waals surface area (Å²) in [5.74, 6) is -2.13. The summed E-state index contributed by atoms with van der Waals surface area (Å²) in [6, 6.07) is 12.4. The Hall–Kier alpha value is -3.86. The summed E-state index contributed by atoms with van der Waals surface area (Å²) in [5, 5.41) is 12.3. The van der Waals surface area contributed by atoms with E-state index < -0.39 is 59.4 Å². The number of alkyl halides is 6. The molecule has 0 radical (unpaired) electrons. The molecule has 0 saturated heterocycles. The van der Waals surface area contributed by atoms with E-state index in [2.05, 4.69) is 5.32 Å². The number of hydrogen-bond acceptors (Lipinski definition) is 3. The number of fused-ring (bicyclic) bond motifs is 1. The van der Waals surface area contributed by atoms with E-state index in [0.717, 1.165) is 4.90 Å². The molecule has 0 spiro atoms. The Morgan fingerprint density at radius 3 is 2.00 bits per heavy atom. The molecule has 0 bridgehead atoms. The maximum Gasteiger partial charge on any atom is 0.416 e. The second-order valence-corrected chi connectivity index (χ2v) is 9.92. The molecule has 4 rings (SSSR count). The number of benzene rings is 3. The summed E-state index contributed by atoms with van der Waals surface area (Å²) >= 11 is 0. The van der Waals surface area contributed by atoms with E-state index in [1.54, 1.807) is 56.3 Å². The molecule has 0 saturated carbocycles. The highest BCUT2D eigenvalue weighted by Gasteiger charge is 2.45. The minimum atomic E-state index is -5.06. The van der Waals surface area contributed by atoms with E-state index in [0.29, 0.717) is 28.8 Å². The van der Waals surface area contributed by atoms with Crippen LogP contribution in [0.2, 0.25) is 0 Å². The van der Waals surface area contributed by atoms with Crippen molar-refractivity contribution in [2.24, 2.45) is 0 Å². The first-order valence-electron chi connectivity index (χ1n) is 12.4. The zero-order valence-corrected chi connectivity index (χ0v) is 21.5. The maximum absolute atomic E-state index is 13.8. The molecule has 1 heterocycles. The molecule has 1 aliphatic heterocycles. The Balaban J connectivity index is 1.92. The van der Waals surface area contributed by atoms with Crippen LogP contribution in [0.5, 0.6) is 0 Å². The van der Waals surface area contributed by atoms with Crippen molar-refractivity contribution in [3.05, 3.63) is 106 Å². The van der Waals surface area contributed by atoms with Gasteiger partial charge in [0.2, 0.25) is 5.91 Å². The molecule has 2 atom stereocenters. The number of aliphatic hydroxyl groups excluding tert-OH is 1. The standard InChI is InChI=1S/C29H26F6N2O3/c1-16(2)36-26(39)24-22-5-3-4-6-23(22)27(40)37(25(24)19-9-7-17(15-38)8-10-19)14-18-11-20(28(30,31)32)13-21(12-18)29(33,34)35/h3-13,16,24-25,38H,14-15H2,1-2H3,(H,36,39)/t24-,25+/m1/s1. The molecular weight excluding hydrogens is 538 g/mol. The van der Waals surface area contributed by atoms with Gasteiger partial charge in [0.25, 0.3) is 5.91 Å². The van der Waals surface area contributed by atoms with Crippen LogP contribution in [0.3, 0.4) is 0 Å². The number of amides is 2. The number of nitrogens with one attached hydrogen (secondary N) is 1. The van der Waals surface area contributed by atoms with E-state index in [1.807, 2.05) is 0 Å². The summed E-state index contributed by atoms with van der Waals surface area (Å²) in [6.07, 6.45) is -10.1. The van der Waals surface area contributed by atoms with Crippen LogP contribution in [-0.4, -0.2) is 27.9 Å². The van der Waals surface area contributed by atoms with Crippen LogP contribution < -0.4 is 5.32 Å². The fourth-order valence-electron chi connectivity index (χ4n) is 4.92. The topological polar surface area (TPSA) is 69.6 Å². The van der Waals surface area contributed by atoms with Crippen molar-refractivity contribution < 1.29 is 41.0 Å². The van der Waals surface area contributed by atoms with Crippen LogP contribution in [0.4, 0.5) is 26.3 Å². The number of halogens is 6. The highest BCUT2D eigenvalue weighted by molar-refractivity contribution is 6.01. The average molecular weight is 565 g/mol. The van der Waals surface area contributed by atoms with Crippen molar-refractivity contribution in [1.82, 2.24) is 10.2 Å². The lowest BCUT2D eigenvalue weighted by molar-refractivity contribution is -0.143. The minimum absolute atomic E-state index is 0.0286. The van der Waals surface area contributed by atoms with Crippen molar-refractivity contribution >= 4 is 11.8 Å². The fraction of sp³-hybridized carbons (Fsp3) is 0.310. The summed E-state index contributed by atoms with van der Waals surface area (Å²) in [7, 11) is 0. The summed E-state index contributed by atoms with van der Waals surface area (Å²) < 4.78 is 81.4. The third-order valence-electron chi connectivity index (χ3n) is 6.66. The van der Waals surface area contributed by atoms with Gasteiger partial charge in [0, 0.05) is 18.2 Å². The van der Waals surface area contributed by atoms with Crippen LogP contribution in [-0.2, 0) is 30.3 Å². The smallest absolute Gasteiger partial charge is 0.392 e. The zero-order chi connectivity index (χ0) is 29.4. The SMILES string of the molecule is CC(C)NC(=O)[C@@H]1c2ccccc2C(=O)N(Cc2cc(C(F)(F)F)cc(C(F)(F)F)c2)[C@H]1c1ccc(CO)cc1. The van der Waals surface area contributed by atoms with Gasteiger partial charge in [0.05, 0.1) is 29.7 Å². The monoisotopic (exact) mass is 564 g/mol. The van der Waals surface area contributed by atoms with Gasteiger partial charge in [-0.3, -0.25) is 9.59 Å². The number of carbonyl (C=O) groups is 2. The molecular formula is C29H26F6N2O3. The molecule has 2 N–H and O–H groups in total. The molecule has 0 aromatic heterocycles. The predicted molar refractivity (Wildman–Crippen MR) is 134 cm³/mol. The lowest BCUT2D eigenvalue weighted by Gasteiger charge is -2.42. The quantitative estimate of drug-likeness (QED) is 0.349. The van der Waals surface area contributed by atoms with E-state index in [9.17, 15) is 41.0 Å². The lowest BCUT2D eigenvalue weighted by atomic mass is 9.78. The molecule has 2 amide bonds. The van der Waals surface area contributed by atoms with Crippen LogP contribution in [0.1, 0.15) is 69.5 Å². The van der Waals surface area contributed by atoms with E-state index in [4.69, 9.17) is 0 Å². The third kappa shape index (κ3) is 5.99. The Kier molecular flexibility index (Phi) is 7.98. The van der Waals surface area contributed by atoms with Gasteiger partial charge in [-0.15, -0.1) is 0 Å². The average Bonchev–Trinajstić information content (AvgIpc) is 2.88. The Morgan fingerprint density at radius 2 is 1.48 bits per heavy atom. The molecule has 212 valence electrons. The van der Waals surface area contributed by atoms with Gasteiger partial charge in [-0.05, 0) is 60.4 Å². The first kappa shape index (κ1) is 29.1. The van der Waals surface area contributed by atoms with Crippen molar-refractivity contribution in [2.45, 2.75) is 57.4 Å². The predicted octanol–water partition coefficient (Wildman–Crippen LogP) is 6.22. The third-order valence-corrected chi connectivity index (χ3v) is 6.66. The molecule has 5 nitrogen and oxygen atoms in total. The first-order valence-corrected chi connectivity index (χ1v) is 12.4. The molecule has 0 fully saturated rings. The Labute approximate surface area is 226 Å². The van der Waals surface area contributed by atoms with Crippen LogP contribution in [0.15, 0.2) is 66.7 Å². The van der Waals surface area contributed by atoms with Crippen molar-refractivity contribution in [1.29, 1.82) is 0 Å². The highest BCUT2D eigenvalue weighted by atomic mass is 19.4. The van der Waals surface area contributed by atoms with E-state index in [-0.39, 0.29) is 24.3 Å². The molecule has 3 aromatic carbocycles. The van der Waals surface area contributed by atoms with Crippen LogP contribution in [0.25, 0.3) is 0 Å². The number of aliphatic hydroxyl groups is 1. The van der Waals surface area contributed by atoms with Gasteiger partial charge < -0.3 is 15.3 Å². The maximum atomic E-state index is 13.8. The fourth-order valence-corrected chi connectivity index (χ4v) is 4.92. The van der Waals surface area contributed by atoms with Gasteiger partial charge in [-0.2, -0.15) is 26.3 Å². The number of nitrogens with zero attached hydrogens (tertiary/aromatic N) is 1.